The van der Waals surface area contributed by atoms with Gasteiger partial charge in [-0.3, -0.25) is 4.79 Å². The van der Waals surface area contributed by atoms with Gasteiger partial charge in [-0.25, -0.2) is 8.78 Å². The standard InChI is InChI=1S/C26H25F2NO6S/c1-33-24-12-7-18(14-25(24)35-36(31,32)23-10-8-20(27)9-11-23)16-29(17-22-6-3-13-34-22)26(30)19-4-2-5-21(28)15-19/h2,4-5,7-12,14-15,22H,3,6,13,16-17H2,1H3/t22-/m1/s1. The molecule has 1 aliphatic rings. The normalized spacial score (nSPS) is 15.5. The van der Waals surface area contributed by atoms with Gasteiger partial charge >= 0.3 is 10.1 Å². The van der Waals surface area contributed by atoms with Gasteiger partial charge < -0.3 is 18.6 Å². The summed E-state index contributed by atoms with van der Waals surface area (Å²) in [7, 11) is -2.91. The molecule has 4 rings (SSSR count). The van der Waals surface area contributed by atoms with Gasteiger partial charge in [0.15, 0.2) is 11.5 Å². The van der Waals surface area contributed by atoms with Crippen LogP contribution in [0.3, 0.4) is 0 Å². The number of nitrogens with zero attached hydrogens (tertiary/aromatic N) is 1. The average Bonchev–Trinajstić information content (AvgIpc) is 3.37. The predicted molar refractivity (Wildman–Crippen MR) is 127 cm³/mol. The maximum atomic E-state index is 13.8. The minimum Gasteiger partial charge on any atom is -0.493 e. The van der Waals surface area contributed by atoms with E-state index in [1.807, 2.05) is 0 Å². The zero-order valence-electron chi connectivity index (χ0n) is 19.5. The fourth-order valence-electron chi connectivity index (χ4n) is 3.93. The van der Waals surface area contributed by atoms with Crippen LogP contribution in [-0.2, 0) is 21.4 Å². The van der Waals surface area contributed by atoms with Crippen LogP contribution in [0, 0.1) is 11.6 Å². The average molecular weight is 518 g/mol. The molecule has 0 N–H and O–H groups in total. The minimum absolute atomic E-state index is 0.0883. The van der Waals surface area contributed by atoms with Crippen LogP contribution in [0.2, 0.25) is 0 Å². The highest BCUT2D eigenvalue weighted by molar-refractivity contribution is 7.87. The number of hydrogen-bond acceptors (Lipinski definition) is 6. The van der Waals surface area contributed by atoms with Crippen LogP contribution in [0.1, 0.15) is 28.8 Å². The summed E-state index contributed by atoms with van der Waals surface area (Å²) in [6.07, 6.45) is 1.52. The highest BCUT2D eigenvalue weighted by Crippen LogP contribution is 2.32. The Kier molecular flexibility index (Phi) is 7.85. The van der Waals surface area contributed by atoms with Crippen molar-refractivity contribution in [2.75, 3.05) is 20.3 Å². The van der Waals surface area contributed by atoms with E-state index in [0.29, 0.717) is 12.2 Å². The van der Waals surface area contributed by atoms with Crippen molar-refractivity contribution in [1.29, 1.82) is 0 Å². The second-order valence-electron chi connectivity index (χ2n) is 8.31. The molecular weight excluding hydrogens is 492 g/mol. The lowest BCUT2D eigenvalue weighted by Gasteiger charge is -2.26. The third kappa shape index (κ3) is 6.19. The van der Waals surface area contributed by atoms with E-state index in [-0.39, 0.29) is 47.1 Å². The van der Waals surface area contributed by atoms with Crippen molar-refractivity contribution < 1.29 is 35.6 Å². The summed E-state index contributed by atoms with van der Waals surface area (Å²) in [6.45, 7) is 0.978. The van der Waals surface area contributed by atoms with E-state index in [1.165, 1.54) is 48.4 Å². The Labute approximate surface area is 208 Å². The largest absolute Gasteiger partial charge is 0.493 e. The Morgan fingerprint density at radius 1 is 1.03 bits per heavy atom. The van der Waals surface area contributed by atoms with Gasteiger partial charge in [-0.1, -0.05) is 12.1 Å². The fraction of sp³-hybridized carbons (Fsp3) is 0.269. The molecule has 10 heteroatoms. The first-order valence-electron chi connectivity index (χ1n) is 11.3. The number of benzene rings is 3. The second kappa shape index (κ2) is 11.0. The molecule has 0 saturated carbocycles. The number of halogens is 2. The van der Waals surface area contributed by atoms with Crippen LogP contribution in [0.15, 0.2) is 71.6 Å². The molecule has 7 nitrogen and oxygen atoms in total. The van der Waals surface area contributed by atoms with E-state index in [4.69, 9.17) is 13.7 Å². The summed E-state index contributed by atoms with van der Waals surface area (Å²) in [4.78, 5) is 14.6. The molecule has 1 aliphatic heterocycles. The maximum absolute atomic E-state index is 13.8. The molecule has 1 amide bonds. The van der Waals surface area contributed by atoms with Crippen LogP contribution >= 0.6 is 0 Å². The Morgan fingerprint density at radius 3 is 2.47 bits per heavy atom. The van der Waals surface area contributed by atoms with Gasteiger partial charge in [-0.2, -0.15) is 8.42 Å². The predicted octanol–water partition coefficient (Wildman–Crippen LogP) is 4.56. The van der Waals surface area contributed by atoms with Gasteiger partial charge in [0, 0.05) is 25.3 Å². The molecule has 1 fully saturated rings. The monoisotopic (exact) mass is 517 g/mol. The van der Waals surface area contributed by atoms with Gasteiger partial charge in [-0.05, 0) is 73.0 Å². The molecule has 0 aromatic heterocycles. The third-order valence-corrected chi connectivity index (χ3v) is 6.96. The van der Waals surface area contributed by atoms with Crippen molar-refractivity contribution in [2.45, 2.75) is 30.4 Å². The number of methoxy groups -OCH3 is 1. The molecule has 3 aromatic rings. The van der Waals surface area contributed by atoms with Crippen molar-refractivity contribution in [3.63, 3.8) is 0 Å². The number of carbonyl (C=O) groups excluding carboxylic acids is 1. The summed E-state index contributed by atoms with van der Waals surface area (Å²) in [5, 5.41) is 0. The number of hydrogen-bond donors (Lipinski definition) is 0. The van der Waals surface area contributed by atoms with E-state index in [9.17, 15) is 22.0 Å². The van der Waals surface area contributed by atoms with Crippen molar-refractivity contribution in [3.8, 4) is 11.5 Å². The lowest BCUT2D eigenvalue weighted by molar-refractivity contribution is 0.0507. The molecule has 0 aliphatic carbocycles. The van der Waals surface area contributed by atoms with E-state index in [2.05, 4.69) is 0 Å². The first-order chi connectivity index (χ1) is 17.2. The molecule has 190 valence electrons. The zero-order chi connectivity index (χ0) is 25.7. The summed E-state index contributed by atoms with van der Waals surface area (Å²) in [5.74, 6) is -1.42. The molecule has 1 atom stereocenters. The maximum Gasteiger partial charge on any atom is 0.339 e. The number of carbonyl (C=O) groups is 1. The van der Waals surface area contributed by atoms with Gasteiger partial charge in [0.2, 0.25) is 0 Å². The number of amides is 1. The van der Waals surface area contributed by atoms with E-state index in [0.717, 1.165) is 37.1 Å². The van der Waals surface area contributed by atoms with Crippen LogP contribution in [0.25, 0.3) is 0 Å². The Bertz CT molecular complexity index is 1320. The number of rotatable bonds is 9. The highest BCUT2D eigenvalue weighted by atomic mass is 32.2. The lowest BCUT2D eigenvalue weighted by Crippen LogP contribution is -2.37. The second-order valence-corrected chi connectivity index (χ2v) is 9.85. The topological polar surface area (TPSA) is 82.1 Å². The summed E-state index contributed by atoms with van der Waals surface area (Å²) in [5.41, 5.74) is 0.750. The SMILES string of the molecule is COc1ccc(CN(C[C@H]2CCCO2)C(=O)c2cccc(F)c2)cc1OS(=O)(=O)c1ccc(F)cc1. The van der Waals surface area contributed by atoms with Crippen LogP contribution in [0.5, 0.6) is 11.5 Å². The Balaban J connectivity index is 1.61. The van der Waals surface area contributed by atoms with E-state index in [1.54, 1.807) is 6.07 Å². The molecule has 36 heavy (non-hydrogen) atoms. The van der Waals surface area contributed by atoms with Gasteiger partial charge in [-0.15, -0.1) is 0 Å². The van der Waals surface area contributed by atoms with Crippen molar-refractivity contribution in [2.24, 2.45) is 0 Å². The van der Waals surface area contributed by atoms with Gasteiger partial charge in [0.1, 0.15) is 16.5 Å². The molecule has 0 bridgehead atoms. The number of ether oxygens (including phenoxy) is 2. The first-order valence-corrected chi connectivity index (χ1v) is 12.7. The first kappa shape index (κ1) is 25.6. The van der Waals surface area contributed by atoms with E-state index < -0.39 is 21.8 Å². The van der Waals surface area contributed by atoms with Crippen LogP contribution in [0.4, 0.5) is 8.78 Å². The van der Waals surface area contributed by atoms with Crippen molar-refractivity contribution in [3.05, 3.63) is 89.5 Å². The van der Waals surface area contributed by atoms with Crippen LogP contribution < -0.4 is 8.92 Å². The van der Waals surface area contributed by atoms with Gasteiger partial charge in [0.05, 0.1) is 13.2 Å². The molecular formula is C26H25F2NO6S. The molecule has 1 saturated heterocycles. The summed E-state index contributed by atoms with van der Waals surface area (Å²) < 4.78 is 68.8. The van der Waals surface area contributed by atoms with Crippen LogP contribution in [-0.4, -0.2) is 45.6 Å². The molecule has 0 spiro atoms. The smallest absolute Gasteiger partial charge is 0.339 e. The summed E-state index contributed by atoms with van der Waals surface area (Å²) >= 11 is 0. The third-order valence-electron chi connectivity index (χ3n) is 5.71. The minimum atomic E-state index is -4.28. The van der Waals surface area contributed by atoms with Gasteiger partial charge in [0.25, 0.3) is 5.91 Å². The molecule has 0 radical (unpaired) electrons. The quantitative estimate of drug-likeness (QED) is 0.387. The summed E-state index contributed by atoms with van der Waals surface area (Å²) in [6, 6.07) is 14.3. The fourth-order valence-corrected chi connectivity index (χ4v) is 4.86. The molecule has 0 unspecified atom stereocenters. The van der Waals surface area contributed by atoms with Crippen molar-refractivity contribution in [1.82, 2.24) is 4.90 Å². The Morgan fingerprint density at radius 2 is 1.81 bits per heavy atom. The zero-order valence-corrected chi connectivity index (χ0v) is 20.3. The van der Waals surface area contributed by atoms with Crippen molar-refractivity contribution >= 4 is 16.0 Å². The highest BCUT2D eigenvalue weighted by Gasteiger charge is 2.25. The molecule has 3 aromatic carbocycles. The lowest BCUT2D eigenvalue weighted by atomic mass is 10.1. The molecule has 1 heterocycles. The van der Waals surface area contributed by atoms with E-state index >= 15 is 0 Å². The Hall–Kier alpha value is -3.50.